The van der Waals surface area contributed by atoms with Crippen molar-refractivity contribution >= 4 is 23.6 Å². The summed E-state index contributed by atoms with van der Waals surface area (Å²) in [5, 5.41) is 13.0. The van der Waals surface area contributed by atoms with Gasteiger partial charge in [0.25, 0.3) is 0 Å². The lowest BCUT2D eigenvalue weighted by Gasteiger charge is -2.30. The molecule has 0 aliphatic carbocycles. The second-order valence-electron chi connectivity index (χ2n) is 5.44. The molecule has 0 saturated carbocycles. The van der Waals surface area contributed by atoms with Crippen molar-refractivity contribution < 1.29 is 14.3 Å². The maximum absolute atomic E-state index is 12.5. The second-order valence-corrected chi connectivity index (χ2v) is 6.54. The highest BCUT2D eigenvalue weighted by Crippen LogP contribution is 2.40. The van der Waals surface area contributed by atoms with Crippen molar-refractivity contribution in [2.45, 2.75) is 25.7 Å². The number of hydrogen-bond donors (Lipinski definition) is 1. The maximum atomic E-state index is 12.5. The third-order valence-corrected chi connectivity index (χ3v) is 4.99. The summed E-state index contributed by atoms with van der Waals surface area (Å²) < 4.78 is 4.80. The third kappa shape index (κ3) is 3.80. The molecule has 2 rings (SSSR count). The first-order chi connectivity index (χ1) is 11.6. The van der Waals surface area contributed by atoms with Gasteiger partial charge in [0, 0.05) is 5.92 Å². The smallest absolute Gasteiger partial charge is 0.319 e. The number of benzene rings is 1. The molecule has 0 aromatic heterocycles. The van der Waals surface area contributed by atoms with Gasteiger partial charge in [-0.25, -0.2) is 0 Å². The van der Waals surface area contributed by atoms with Crippen molar-refractivity contribution in [3.8, 4) is 6.07 Å². The number of rotatable bonds is 6. The topological polar surface area (TPSA) is 79.2 Å². The third-order valence-electron chi connectivity index (χ3n) is 3.89. The molecule has 1 aliphatic rings. The molecule has 1 aromatic rings. The van der Waals surface area contributed by atoms with Gasteiger partial charge in [-0.3, -0.25) is 9.59 Å². The van der Waals surface area contributed by atoms with Crippen LogP contribution in [0.25, 0.3) is 0 Å². The summed E-state index contributed by atoms with van der Waals surface area (Å²) in [4.78, 5) is 24.7. The molecule has 0 saturated heterocycles. The average Bonchev–Trinajstić information content (AvgIpc) is 2.61. The van der Waals surface area contributed by atoms with E-state index in [1.54, 1.807) is 0 Å². The van der Waals surface area contributed by atoms with Gasteiger partial charge in [-0.2, -0.15) is 5.26 Å². The molecule has 1 aliphatic heterocycles. The number of carbonyl (C=O) groups excluding carboxylic acids is 2. The monoisotopic (exact) mass is 344 g/mol. The van der Waals surface area contributed by atoms with Crippen LogP contribution in [0.2, 0.25) is 0 Å². The molecule has 1 N–H and O–H groups in total. The number of carbonyl (C=O) groups is 2. The zero-order valence-corrected chi connectivity index (χ0v) is 14.6. The summed E-state index contributed by atoms with van der Waals surface area (Å²) in [6.45, 7) is 2.08. The van der Waals surface area contributed by atoms with Crippen LogP contribution in [-0.2, 0) is 14.3 Å². The van der Waals surface area contributed by atoms with Gasteiger partial charge in [-0.15, -0.1) is 11.8 Å². The molecule has 5 nitrogen and oxygen atoms in total. The van der Waals surface area contributed by atoms with Gasteiger partial charge in [0.1, 0.15) is 5.92 Å². The Morgan fingerprint density at radius 2 is 2.08 bits per heavy atom. The number of thioether (sulfide) groups is 1. The van der Waals surface area contributed by atoms with Crippen LogP contribution >= 0.6 is 11.8 Å². The highest BCUT2D eigenvalue weighted by atomic mass is 32.2. The van der Waals surface area contributed by atoms with Gasteiger partial charge in [-0.05, 0) is 17.7 Å². The molecule has 2 atom stereocenters. The predicted molar refractivity (Wildman–Crippen MR) is 92.8 cm³/mol. The Bertz CT molecular complexity index is 679. The predicted octanol–water partition coefficient (Wildman–Crippen LogP) is 2.96. The first-order valence-corrected chi connectivity index (χ1v) is 8.83. The van der Waals surface area contributed by atoms with E-state index >= 15 is 0 Å². The largest absolute Gasteiger partial charge is 0.468 e. The fourth-order valence-electron chi connectivity index (χ4n) is 2.66. The number of nitriles is 1. The van der Waals surface area contributed by atoms with Crippen LogP contribution in [0.5, 0.6) is 0 Å². The zero-order chi connectivity index (χ0) is 17.5. The van der Waals surface area contributed by atoms with Crippen LogP contribution < -0.4 is 5.32 Å². The van der Waals surface area contributed by atoms with Gasteiger partial charge < -0.3 is 10.1 Å². The van der Waals surface area contributed by atoms with Crippen molar-refractivity contribution in [3.63, 3.8) is 0 Å². The van der Waals surface area contributed by atoms with E-state index in [0.29, 0.717) is 10.6 Å². The molecule has 1 aromatic carbocycles. The lowest BCUT2D eigenvalue weighted by molar-refractivity contribution is -0.150. The van der Waals surface area contributed by atoms with Crippen molar-refractivity contribution in [3.05, 3.63) is 46.5 Å². The van der Waals surface area contributed by atoms with Crippen LogP contribution in [0, 0.1) is 17.2 Å². The quantitative estimate of drug-likeness (QED) is 0.487. The molecular weight excluding hydrogens is 324 g/mol. The number of hydrogen-bond acceptors (Lipinski definition) is 5. The van der Waals surface area contributed by atoms with Crippen molar-refractivity contribution in [1.29, 1.82) is 5.26 Å². The molecule has 0 fully saturated rings. The molecule has 6 heteroatoms. The molecule has 1 heterocycles. The van der Waals surface area contributed by atoms with Crippen LogP contribution in [-0.4, -0.2) is 24.7 Å². The molecule has 126 valence electrons. The maximum Gasteiger partial charge on any atom is 0.319 e. The number of nitrogens with zero attached hydrogens (tertiary/aromatic N) is 1. The number of unbranched alkanes of at least 4 members (excludes halogenated alkanes) is 1. The first kappa shape index (κ1) is 18.1. The van der Waals surface area contributed by atoms with Gasteiger partial charge in [0.05, 0.1) is 23.8 Å². The molecular formula is C18H20N2O3S. The first-order valence-electron chi connectivity index (χ1n) is 7.84. The minimum atomic E-state index is -1.05. The van der Waals surface area contributed by atoms with E-state index < -0.39 is 23.7 Å². The fourth-order valence-corrected chi connectivity index (χ4v) is 3.80. The number of nitrogens with one attached hydrogen (secondary N) is 1. The number of methoxy groups -OCH3 is 1. The van der Waals surface area contributed by atoms with Crippen molar-refractivity contribution in [1.82, 2.24) is 5.32 Å². The Balaban J connectivity index is 2.49. The number of ether oxygens (including phenoxy) is 1. The van der Waals surface area contributed by atoms with Crippen LogP contribution in [0.3, 0.4) is 0 Å². The number of esters is 1. The van der Waals surface area contributed by atoms with E-state index in [1.165, 1.54) is 18.9 Å². The van der Waals surface area contributed by atoms with E-state index in [-0.39, 0.29) is 0 Å². The SMILES string of the molecule is CCCCSC1=C(C#N)[C@@H](c2ccccc2)[C@@H](C(=O)OC)C(=O)N1. The normalized spacial score (nSPS) is 20.3. The summed E-state index contributed by atoms with van der Waals surface area (Å²) in [6.07, 6.45) is 2.02. The number of allylic oxidation sites excluding steroid dienone is 1. The van der Waals surface area contributed by atoms with Crippen LogP contribution in [0.4, 0.5) is 0 Å². The summed E-state index contributed by atoms with van der Waals surface area (Å²) in [5.74, 6) is -1.92. The highest BCUT2D eigenvalue weighted by Gasteiger charge is 2.44. The molecule has 0 spiro atoms. The van der Waals surface area contributed by atoms with E-state index in [2.05, 4.69) is 18.3 Å². The van der Waals surface area contributed by atoms with Crippen LogP contribution in [0.15, 0.2) is 40.9 Å². The molecule has 0 unspecified atom stereocenters. The average molecular weight is 344 g/mol. The van der Waals surface area contributed by atoms with Gasteiger partial charge in [0.2, 0.25) is 5.91 Å². The lowest BCUT2D eigenvalue weighted by Crippen LogP contribution is -2.44. The Kier molecular flexibility index (Phi) is 6.44. The van der Waals surface area contributed by atoms with E-state index in [9.17, 15) is 14.9 Å². The summed E-state index contributed by atoms with van der Waals surface area (Å²) in [6, 6.07) is 11.4. The van der Waals surface area contributed by atoms with Gasteiger partial charge in [-0.1, -0.05) is 43.7 Å². The van der Waals surface area contributed by atoms with Crippen LogP contribution in [0.1, 0.15) is 31.2 Å². The van der Waals surface area contributed by atoms with E-state index in [4.69, 9.17) is 4.74 Å². The van der Waals surface area contributed by atoms with Gasteiger partial charge in [0.15, 0.2) is 0 Å². The fraction of sp³-hybridized carbons (Fsp3) is 0.389. The van der Waals surface area contributed by atoms with Crippen molar-refractivity contribution in [2.24, 2.45) is 5.92 Å². The second kappa shape index (κ2) is 8.55. The van der Waals surface area contributed by atoms with E-state index in [1.807, 2.05) is 30.3 Å². The minimum absolute atomic E-state index is 0.414. The Morgan fingerprint density at radius 3 is 2.67 bits per heavy atom. The summed E-state index contributed by atoms with van der Waals surface area (Å²) >= 11 is 1.45. The Labute approximate surface area is 146 Å². The summed E-state index contributed by atoms with van der Waals surface area (Å²) in [5.41, 5.74) is 1.17. The lowest BCUT2D eigenvalue weighted by atomic mass is 9.78. The Hall–Kier alpha value is -2.26. The van der Waals surface area contributed by atoms with Crippen molar-refractivity contribution in [2.75, 3.05) is 12.9 Å². The Morgan fingerprint density at radius 1 is 1.38 bits per heavy atom. The highest BCUT2D eigenvalue weighted by molar-refractivity contribution is 8.03. The molecule has 0 radical (unpaired) electrons. The standard InChI is InChI=1S/C18H20N2O3S/c1-3-4-10-24-17-13(11-19)14(12-8-6-5-7-9-12)15(16(21)20-17)18(22)23-2/h5-9,14-15H,3-4,10H2,1-2H3,(H,20,21)/t14-,15-/m1/s1. The summed E-state index contributed by atoms with van der Waals surface area (Å²) in [7, 11) is 1.25. The molecule has 0 bridgehead atoms. The molecule has 24 heavy (non-hydrogen) atoms. The molecule has 1 amide bonds. The van der Waals surface area contributed by atoms with Gasteiger partial charge >= 0.3 is 5.97 Å². The zero-order valence-electron chi connectivity index (χ0n) is 13.7. The van der Waals surface area contributed by atoms with E-state index in [0.717, 1.165) is 24.2 Å². The number of amides is 1. The minimum Gasteiger partial charge on any atom is -0.468 e.